The van der Waals surface area contributed by atoms with Crippen molar-refractivity contribution in [3.63, 3.8) is 0 Å². The van der Waals surface area contributed by atoms with Crippen molar-refractivity contribution in [3.8, 4) is 0 Å². The minimum absolute atomic E-state index is 0.0664. The summed E-state index contributed by atoms with van der Waals surface area (Å²) in [5, 5.41) is 0.538. The molecular weight excluding hydrogens is 405 g/mol. The van der Waals surface area contributed by atoms with Crippen molar-refractivity contribution in [2.24, 2.45) is 0 Å². The summed E-state index contributed by atoms with van der Waals surface area (Å²) in [6, 6.07) is 4.67. The molecule has 1 heterocycles. The van der Waals surface area contributed by atoms with Gasteiger partial charge in [-0.15, -0.1) is 24.5 Å². The van der Waals surface area contributed by atoms with Gasteiger partial charge in [0.2, 0.25) is 0 Å². The van der Waals surface area contributed by atoms with Gasteiger partial charge in [-0.1, -0.05) is 12.2 Å². The number of alkyl halides is 3. The Morgan fingerprint density at radius 2 is 1.76 bits per heavy atom. The molecule has 0 unspecified atom stereocenters. The van der Waals surface area contributed by atoms with Gasteiger partial charge >= 0.3 is 18.1 Å². The minimum atomic E-state index is -5.02. The molecule has 1 amide bonds. The van der Waals surface area contributed by atoms with Crippen LogP contribution in [0.2, 0.25) is 0 Å². The molecule has 0 aliphatic carbocycles. The fourth-order valence-electron chi connectivity index (χ4n) is 2.77. The van der Waals surface area contributed by atoms with Gasteiger partial charge in [-0.3, -0.25) is 4.79 Å². The van der Waals surface area contributed by atoms with Crippen LogP contribution in [0.4, 0.5) is 24.5 Å². The van der Waals surface area contributed by atoms with E-state index in [0.29, 0.717) is 38.6 Å². The molecule has 1 aromatic carbocycles. The first-order valence-electron chi connectivity index (χ1n) is 8.70. The molecule has 9 heteroatoms. The maximum Gasteiger partial charge on any atom is 0.471 e. The lowest BCUT2D eigenvalue weighted by Gasteiger charge is -2.29. The van der Waals surface area contributed by atoms with E-state index < -0.39 is 18.1 Å². The van der Waals surface area contributed by atoms with Crippen LogP contribution in [0.15, 0.2) is 43.5 Å². The van der Waals surface area contributed by atoms with Crippen molar-refractivity contribution in [1.29, 1.82) is 0 Å². The van der Waals surface area contributed by atoms with E-state index in [-0.39, 0.29) is 12.3 Å². The summed E-state index contributed by atoms with van der Waals surface area (Å²) in [6.45, 7) is 9.89. The third-order valence-corrected chi connectivity index (χ3v) is 5.12. The largest absolute Gasteiger partial charge is 0.471 e. The number of halogens is 3. The lowest BCUT2D eigenvalue weighted by Crippen LogP contribution is -2.39. The highest BCUT2D eigenvalue weighted by atomic mass is 32.1. The van der Waals surface area contributed by atoms with Crippen molar-refractivity contribution in [3.05, 3.63) is 48.4 Å². The average Bonchev–Trinajstić information content (AvgIpc) is 3.08. The minimum Gasteiger partial charge on any atom is -0.462 e. The first kappa shape index (κ1) is 22.5. The summed E-state index contributed by atoms with van der Waals surface area (Å²) < 4.78 is 44.8. The monoisotopic (exact) mass is 426 g/mol. The van der Waals surface area contributed by atoms with Gasteiger partial charge in [-0.2, -0.15) is 13.2 Å². The van der Waals surface area contributed by atoms with Crippen LogP contribution in [-0.4, -0.2) is 44.8 Å². The van der Waals surface area contributed by atoms with Crippen LogP contribution in [0.1, 0.15) is 16.6 Å². The highest BCUT2D eigenvalue weighted by molar-refractivity contribution is 7.20. The Hall–Kier alpha value is -2.81. The van der Waals surface area contributed by atoms with E-state index in [2.05, 4.69) is 13.2 Å². The second-order valence-electron chi connectivity index (χ2n) is 6.05. The summed E-state index contributed by atoms with van der Waals surface area (Å²) >= 11 is 1.17. The smallest absolute Gasteiger partial charge is 0.462 e. The van der Waals surface area contributed by atoms with Gasteiger partial charge in [0, 0.05) is 24.8 Å². The first-order valence-corrected chi connectivity index (χ1v) is 9.52. The number of benzene rings is 1. The van der Waals surface area contributed by atoms with Gasteiger partial charge in [0.1, 0.15) is 4.88 Å². The second-order valence-corrected chi connectivity index (χ2v) is 7.14. The van der Waals surface area contributed by atoms with Crippen molar-refractivity contribution < 1.29 is 27.5 Å². The number of rotatable bonds is 8. The Morgan fingerprint density at radius 3 is 2.28 bits per heavy atom. The fraction of sp³-hybridized carbons (Fsp3) is 0.300. The SMILES string of the molecule is C=CCN(CC=C)c1cc2sc(C(=O)OCC)cc2cc1N(C)C(=O)C(F)(F)F. The zero-order valence-corrected chi connectivity index (χ0v) is 16.9. The molecule has 0 saturated carbocycles. The lowest BCUT2D eigenvalue weighted by atomic mass is 10.1. The summed E-state index contributed by atoms with van der Waals surface area (Å²) in [5.74, 6) is -2.50. The number of anilines is 2. The van der Waals surface area contributed by atoms with Crippen molar-refractivity contribution in [1.82, 2.24) is 0 Å². The molecule has 1 aromatic heterocycles. The van der Waals surface area contributed by atoms with Crippen LogP contribution >= 0.6 is 11.3 Å². The maximum absolute atomic E-state index is 13.0. The van der Waals surface area contributed by atoms with Crippen molar-refractivity contribution in [2.75, 3.05) is 36.5 Å². The number of ether oxygens (including phenoxy) is 1. The van der Waals surface area contributed by atoms with E-state index >= 15 is 0 Å². The molecule has 0 fully saturated rings. The quantitative estimate of drug-likeness (QED) is 0.450. The molecular formula is C20H21F3N2O3S. The number of esters is 1. The lowest BCUT2D eigenvalue weighted by molar-refractivity contribution is -0.170. The molecule has 0 saturated heterocycles. The number of carbonyl (C=O) groups is 2. The molecule has 5 nitrogen and oxygen atoms in total. The molecule has 29 heavy (non-hydrogen) atoms. The molecule has 0 atom stereocenters. The normalized spacial score (nSPS) is 11.2. The Bertz CT molecular complexity index is 927. The summed E-state index contributed by atoms with van der Waals surface area (Å²) in [4.78, 5) is 26.5. The number of carbonyl (C=O) groups excluding carboxylic acids is 2. The summed E-state index contributed by atoms with van der Waals surface area (Å²) in [7, 11) is 1.07. The Labute approximate surface area is 170 Å². The number of amides is 1. The van der Waals surface area contributed by atoms with Gasteiger partial charge in [-0.05, 0) is 30.5 Å². The predicted molar refractivity (Wildman–Crippen MR) is 110 cm³/mol. The molecule has 0 spiro atoms. The summed E-state index contributed by atoms with van der Waals surface area (Å²) in [6.07, 6.45) is -1.82. The Kier molecular flexibility index (Phi) is 7.07. The molecule has 0 bridgehead atoms. The number of hydrogen-bond acceptors (Lipinski definition) is 5. The van der Waals surface area contributed by atoms with Crippen LogP contribution in [0, 0.1) is 0 Å². The number of fused-ring (bicyclic) bond motifs is 1. The summed E-state index contributed by atoms with van der Waals surface area (Å²) in [5.41, 5.74) is 0.464. The Morgan fingerprint density at radius 1 is 1.14 bits per heavy atom. The highest BCUT2D eigenvalue weighted by Gasteiger charge is 2.42. The zero-order valence-electron chi connectivity index (χ0n) is 16.1. The third kappa shape index (κ3) is 4.97. The first-order chi connectivity index (χ1) is 13.6. The van der Waals surface area contributed by atoms with Crippen LogP contribution < -0.4 is 9.80 Å². The van der Waals surface area contributed by atoms with E-state index in [1.54, 1.807) is 36.1 Å². The van der Waals surface area contributed by atoms with E-state index in [9.17, 15) is 22.8 Å². The maximum atomic E-state index is 13.0. The van der Waals surface area contributed by atoms with E-state index in [1.165, 1.54) is 17.4 Å². The topological polar surface area (TPSA) is 49.9 Å². The van der Waals surface area contributed by atoms with Crippen molar-refractivity contribution >= 4 is 44.7 Å². The number of hydrogen-bond donors (Lipinski definition) is 0. The van der Waals surface area contributed by atoms with Crippen molar-refractivity contribution in [2.45, 2.75) is 13.1 Å². The fourth-order valence-corrected chi connectivity index (χ4v) is 3.74. The number of nitrogens with zero attached hydrogens (tertiary/aromatic N) is 2. The molecule has 156 valence electrons. The Balaban J connectivity index is 2.67. The van der Waals surface area contributed by atoms with Gasteiger partial charge < -0.3 is 14.5 Å². The number of thiophene rings is 1. The second kappa shape index (κ2) is 9.13. The highest BCUT2D eigenvalue weighted by Crippen LogP contribution is 2.39. The molecule has 0 radical (unpaired) electrons. The van der Waals surface area contributed by atoms with Gasteiger partial charge in [0.05, 0.1) is 18.0 Å². The average molecular weight is 426 g/mol. The van der Waals surface area contributed by atoms with Gasteiger partial charge in [-0.25, -0.2) is 4.79 Å². The van der Waals surface area contributed by atoms with Crippen LogP contribution in [-0.2, 0) is 9.53 Å². The third-order valence-electron chi connectivity index (χ3n) is 4.04. The van der Waals surface area contributed by atoms with E-state index in [4.69, 9.17) is 4.74 Å². The van der Waals surface area contributed by atoms with Gasteiger partial charge in [0.25, 0.3) is 0 Å². The molecule has 2 aromatic rings. The molecule has 0 aliphatic heterocycles. The standard InChI is InChI=1S/C20H21F3N2O3S/c1-5-8-25(9-6-2)15-12-16-13(11-17(29-16)18(26)28-7-3)10-14(15)24(4)19(27)20(21,22)23/h5-6,10-12H,1-2,7-9H2,3-4H3. The van der Waals surface area contributed by atoms with E-state index in [1.807, 2.05) is 0 Å². The van der Waals surface area contributed by atoms with E-state index in [0.717, 1.165) is 7.05 Å². The van der Waals surface area contributed by atoms with Crippen LogP contribution in [0.3, 0.4) is 0 Å². The van der Waals surface area contributed by atoms with Crippen LogP contribution in [0.5, 0.6) is 0 Å². The predicted octanol–water partition coefficient (Wildman–Crippen LogP) is 4.78. The van der Waals surface area contributed by atoms with Crippen LogP contribution in [0.25, 0.3) is 10.1 Å². The molecule has 2 rings (SSSR count). The molecule has 0 aliphatic rings. The van der Waals surface area contributed by atoms with Gasteiger partial charge in [0.15, 0.2) is 0 Å². The zero-order chi connectivity index (χ0) is 21.8. The molecule has 0 N–H and O–H groups in total.